The van der Waals surface area contributed by atoms with E-state index in [0.717, 1.165) is 50.9 Å². The molecule has 86 valence electrons. The fourth-order valence-electron chi connectivity index (χ4n) is 2.12. The van der Waals surface area contributed by atoms with Gasteiger partial charge in [-0.3, -0.25) is 0 Å². The number of nitrogens with one attached hydrogen (secondary N) is 1. The largest absolute Gasteiger partial charge is 0.356 e. The molecule has 3 heterocycles. The van der Waals surface area contributed by atoms with Crippen molar-refractivity contribution in [3.05, 3.63) is 12.4 Å². The molecule has 0 atom stereocenters. The second-order valence-electron chi connectivity index (χ2n) is 4.31. The zero-order valence-corrected chi connectivity index (χ0v) is 9.39. The number of anilines is 2. The highest BCUT2D eigenvalue weighted by molar-refractivity contribution is 5.51. The van der Waals surface area contributed by atoms with Crippen molar-refractivity contribution in [2.24, 2.45) is 0 Å². The highest BCUT2D eigenvalue weighted by atomic mass is 15.3. The molecular weight excluding hydrogens is 202 g/mol. The predicted molar refractivity (Wildman–Crippen MR) is 63.9 cm³/mol. The van der Waals surface area contributed by atoms with Crippen molar-refractivity contribution >= 4 is 11.6 Å². The van der Waals surface area contributed by atoms with Crippen molar-refractivity contribution < 1.29 is 0 Å². The van der Waals surface area contributed by atoms with Gasteiger partial charge < -0.3 is 15.1 Å². The van der Waals surface area contributed by atoms with Gasteiger partial charge in [0.25, 0.3) is 0 Å². The Bertz CT molecular complexity index is 357. The van der Waals surface area contributed by atoms with Gasteiger partial charge in [0.05, 0.1) is 0 Å². The highest BCUT2D eigenvalue weighted by Crippen LogP contribution is 2.21. The molecule has 5 heteroatoms. The molecule has 2 aliphatic heterocycles. The van der Waals surface area contributed by atoms with Crippen LogP contribution < -0.4 is 15.1 Å². The van der Waals surface area contributed by atoms with E-state index < -0.39 is 0 Å². The summed E-state index contributed by atoms with van der Waals surface area (Å²) in [7, 11) is 0. The smallest absolute Gasteiger partial charge is 0.134 e. The summed E-state index contributed by atoms with van der Waals surface area (Å²) in [6.07, 6.45) is 2.97. The Morgan fingerprint density at radius 2 is 1.56 bits per heavy atom. The summed E-state index contributed by atoms with van der Waals surface area (Å²) in [4.78, 5) is 13.3. The molecule has 0 bridgehead atoms. The molecule has 2 fully saturated rings. The molecule has 0 aliphatic carbocycles. The van der Waals surface area contributed by atoms with Crippen molar-refractivity contribution in [3.8, 4) is 0 Å². The standard InChI is InChI=1S/C11H17N5/c1-4-15(5-1)10-8-11(14-9-13-10)16-6-2-12-3-7-16/h8-9,12H,1-7H2. The zero-order chi connectivity index (χ0) is 10.8. The maximum atomic E-state index is 4.36. The van der Waals surface area contributed by atoms with Gasteiger partial charge in [-0.25, -0.2) is 9.97 Å². The fraction of sp³-hybridized carbons (Fsp3) is 0.636. The average Bonchev–Trinajstić information content (AvgIpc) is 2.28. The zero-order valence-electron chi connectivity index (χ0n) is 9.39. The van der Waals surface area contributed by atoms with E-state index in [0.29, 0.717) is 0 Å². The van der Waals surface area contributed by atoms with Crippen molar-refractivity contribution in [2.75, 3.05) is 49.1 Å². The van der Waals surface area contributed by atoms with E-state index >= 15 is 0 Å². The summed E-state index contributed by atoms with van der Waals surface area (Å²) in [6.45, 7) is 6.44. The molecule has 0 aromatic carbocycles. The summed E-state index contributed by atoms with van der Waals surface area (Å²) >= 11 is 0. The van der Waals surface area contributed by atoms with Crippen molar-refractivity contribution in [1.29, 1.82) is 0 Å². The summed E-state index contributed by atoms with van der Waals surface area (Å²) in [6, 6.07) is 2.12. The van der Waals surface area contributed by atoms with Crippen LogP contribution in [0.2, 0.25) is 0 Å². The maximum absolute atomic E-state index is 4.36. The molecule has 2 saturated heterocycles. The first-order chi connectivity index (χ1) is 7.93. The Hall–Kier alpha value is -1.36. The van der Waals surface area contributed by atoms with E-state index in [-0.39, 0.29) is 0 Å². The van der Waals surface area contributed by atoms with Gasteiger partial charge in [0, 0.05) is 45.3 Å². The number of hydrogen-bond acceptors (Lipinski definition) is 5. The minimum Gasteiger partial charge on any atom is -0.356 e. The second-order valence-corrected chi connectivity index (χ2v) is 4.31. The van der Waals surface area contributed by atoms with Gasteiger partial charge in [-0.2, -0.15) is 0 Å². The molecule has 0 unspecified atom stereocenters. The molecule has 1 N–H and O–H groups in total. The molecule has 16 heavy (non-hydrogen) atoms. The summed E-state index contributed by atoms with van der Waals surface area (Å²) in [5.41, 5.74) is 0. The molecular formula is C11H17N5. The minimum absolute atomic E-state index is 1.04. The Morgan fingerprint density at radius 3 is 2.12 bits per heavy atom. The van der Waals surface area contributed by atoms with Crippen LogP contribution in [0.4, 0.5) is 11.6 Å². The first kappa shape index (κ1) is 9.84. The maximum Gasteiger partial charge on any atom is 0.134 e. The van der Waals surface area contributed by atoms with E-state index in [4.69, 9.17) is 0 Å². The summed E-state index contributed by atoms with van der Waals surface area (Å²) in [5.74, 6) is 2.15. The van der Waals surface area contributed by atoms with E-state index in [1.807, 2.05) is 0 Å². The van der Waals surface area contributed by atoms with Crippen LogP contribution in [-0.2, 0) is 0 Å². The Labute approximate surface area is 95.5 Å². The first-order valence-corrected chi connectivity index (χ1v) is 5.96. The van der Waals surface area contributed by atoms with Crippen LogP contribution >= 0.6 is 0 Å². The van der Waals surface area contributed by atoms with Gasteiger partial charge in [0.2, 0.25) is 0 Å². The number of hydrogen-bond donors (Lipinski definition) is 1. The van der Waals surface area contributed by atoms with Crippen LogP contribution in [0.1, 0.15) is 6.42 Å². The lowest BCUT2D eigenvalue weighted by Crippen LogP contribution is -2.44. The van der Waals surface area contributed by atoms with Crippen molar-refractivity contribution in [1.82, 2.24) is 15.3 Å². The topological polar surface area (TPSA) is 44.3 Å². The van der Waals surface area contributed by atoms with Crippen LogP contribution in [0.25, 0.3) is 0 Å². The molecule has 0 spiro atoms. The van der Waals surface area contributed by atoms with Gasteiger partial charge in [-0.15, -0.1) is 0 Å². The lowest BCUT2D eigenvalue weighted by Gasteiger charge is -2.33. The molecule has 5 nitrogen and oxygen atoms in total. The highest BCUT2D eigenvalue weighted by Gasteiger charge is 2.18. The van der Waals surface area contributed by atoms with E-state index in [1.54, 1.807) is 6.33 Å². The van der Waals surface area contributed by atoms with E-state index in [2.05, 4.69) is 31.2 Å². The third-order valence-corrected chi connectivity index (χ3v) is 3.26. The molecule has 3 rings (SSSR count). The van der Waals surface area contributed by atoms with Gasteiger partial charge in [0.1, 0.15) is 18.0 Å². The summed E-state index contributed by atoms with van der Waals surface area (Å²) in [5, 5.41) is 3.35. The second kappa shape index (κ2) is 4.25. The van der Waals surface area contributed by atoms with Crippen molar-refractivity contribution in [3.63, 3.8) is 0 Å². The quantitative estimate of drug-likeness (QED) is 0.764. The minimum atomic E-state index is 1.04. The van der Waals surface area contributed by atoms with Gasteiger partial charge in [-0.05, 0) is 6.42 Å². The normalized spacial score (nSPS) is 20.8. The van der Waals surface area contributed by atoms with Gasteiger partial charge in [0.15, 0.2) is 0 Å². The molecule has 0 saturated carbocycles. The number of aromatic nitrogens is 2. The third kappa shape index (κ3) is 1.82. The molecule has 2 aliphatic rings. The van der Waals surface area contributed by atoms with Crippen LogP contribution in [-0.4, -0.2) is 49.2 Å². The number of nitrogens with zero attached hydrogens (tertiary/aromatic N) is 4. The number of rotatable bonds is 2. The fourth-order valence-corrected chi connectivity index (χ4v) is 2.12. The third-order valence-electron chi connectivity index (χ3n) is 3.26. The summed E-state index contributed by atoms with van der Waals surface area (Å²) < 4.78 is 0. The monoisotopic (exact) mass is 219 g/mol. The Kier molecular flexibility index (Phi) is 2.61. The predicted octanol–water partition coefficient (Wildman–Crippen LogP) is 0.0963. The van der Waals surface area contributed by atoms with Gasteiger partial charge in [-0.1, -0.05) is 0 Å². The van der Waals surface area contributed by atoms with Crippen LogP contribution in [0.3, 0.4) is 0 Å². The molecule has 1 aromatic rings. The molecule has 0 amide bonds. The van der Waals surface area contributed by atoms with Crippen LogP contribution in [0, 0.1) is 0 Å². The number of piperazine rings is 1. The Morgan fingerprint density at radius 1 is 0.938 bits per heavy atom. The lowest BCUT2D eigenvalue weighted by molar-refractivity contribution is 0.582. The van der Waals surface area contributed by atoms with Gasteiger partial charge >= 0.3 is 0 Å². The Balaban J connectivity index is 1.77. The van der Waals surface area contributed by atoms with E-state index in [1.165, 1.54) is 6.42 Å². The van der Waals surface area contributed by atoms with Crippen LogP contribution in [0.5, 0.6) is 0 Å². The lowest BCUT2D eigenvalue weighted by atomic mass is 10.2. The molecule has 0 radical (unpaired) electrons. The van der Waals surface area contributed by atoms with Crippen LogP contribution in [0.15, 0.2) is 12.4 Å². The molecule has 1 aromatic heterocycles. The van der Waals surface area contributed by atoms with E-state index in [9.17, 15) is 0 Å². The first-order valence-electron chi connectivity index (χ1n) is 5.96. The SMILES string of the molecule is c1nc(N2CCC2)cc(N2CCNCC2)n1. The average molecular weight is 219 g/mol. The van der Waals surface area contributed by atoms with Crippen molar-refractivity contribution in [2.45, 2.75) is 6.42 Å².